The molecule has 2 N–H and O–H groups in total. The minimum Gasteiger partial charge on any atom is -0.480 e. The molecule has 0 spiro atoms. The van der Waals surface area contributed by atoms with Crippen LogP contribution in [-0.4, -0.2) is 33.1 Å². The van der Waals surface area contributed by atoms with Crippen LogP contribution in [0.1, 0.15) is 11.1 Å². The van der Waals surface area contributed by atoms with E-state index in [4.69, 9.17) is 9.84 Å². The first-order valence-corrected chi connectivity index (χ1v) is 10.8. The Morgan fingerprint density at radius 2 is 1.73 bits per heavy atom. The van der Waals surface area contributed by atoms with Gasteiger partial charge in [-0.25, -0.2) is 4.79 Å². The van der Waals surface area contributed by atoms with Crippen molar-refractivity contribution >= 4 is 28.6 Å². The van der Waals surface area contributed by atoms with Gasteiger partial charge in [-0.05, 0) is 60.0 Å². The second kappa shape index (κ2) is 8.70. The van der Waals surface area contributed by atoms with Gasteiger partial charge >= 0.3 is 12.0 Å². The van der Waals surface area contributed by atoms with Crippen LogP contribution in [-0.2, 0) is 24.3 Å². The molecule has 2 amide bonds. The number of nitrogens with zero attached hydrogens (tertiary/aromatic N) is 2. The number of ether oxygens (including phenoxy) is 1. The molecule has 1 aromatic heterocycles. The second-order valence-electron chi connectivity index (χ2n) is 8.02. The molecule has 2 heterocycles. The number of carbonyl (C=O) groups excluding carboxylic acids is 1. The van der Waals surface area contributed by atoms with Crippen LogP contribution in [0.4, 0.5) is 10.5 Å². The number of amides is 2. The fourth-order valence-corrected chi connectivity index (χ4v) is 4.17. The van der Waals surface area contributed by atoms with Crippen molar-refractivity contribution in [1.29, 1.82) is 0 Å². The van der Waals surface area contributed by atoms with Gasteiger partial charge in [-0.15, -0.1) is 0 Å². The van der Waals surface area contributed by atoms with Crippen LogP contribution in [0.2, 0.25) is 0 Å². The third kappa shape index (κ3) is 4.39. The lowest BCUT2D eigenvalue weighted by Crippen LogP contribution is -2.38. The summed E-state index contributed by atoms with van der Waals surface area (Å²) >= 11 is 0. The number of hydrogen-bond acceptors (Lipinski definition) is 3. The summed E-state index contributed by atoms with van der Waals surface area (Å²) in [4.78, 5) is 25.6. The molecule has 0 unspecified atom stereocenters. The van der Waals surface area contributed by atoms with Gasteiger partial charge in [0.15, 0.2) is 0 Å². The summed E-state index contributed by atoms with van der Waals surface area (Å²) in [5.41, 5.74) is 3.98. The molecule has 7 nitrogen and oxygen atoms in total. The van der Waals surface area contributed by atoms with Gasteiger partial charge in [0.05, 0.1) is 5.52 Å². The smallest absolute Gasteiger partial charge is 0.323 e. The highest BCUT2D eigenvalue weighted by Crippen LogP contribution is 2.31. The Labute approximate surface area is 190 Å². The Hall–Kier alpha value is -4.26. The number of carboxylic acids is 1. The number of carbonyl (C=O) groups is 2. The van der Waals surface area contributed by atoms with Crippen molar-refractivity contribution in [1.82, 2.24) is 9.47 Å². The van der Waals surface area contributed by atoms with E-state index >= 15 is 0 Å². The van der Waals surface area contributed by atoms with E-state index in [1.807, 2.05) is 41.3 Å². The SMILES string of the molecule is O=C(O)Cn1ccc2c(Oc3ccc(NC(=O)N4CCc5ccccc5C4)cc3)cccc21. The van der Waals surface area contributed by atoms with Crippen molar-refractivity contribution in [2.45, 2.75) is 19.5 Å². The molecule has 0 bridgehead atoms. The first-order chi connectivity index (χ1) is 16.1. The largest absolute Gasteiger partial charge is 0.480 e. The molecule has 0 saturated carbocycles. The average molecular weight is 441 g/mol. The summed E-state index contributed by atoms with van der Waals surface area (Å²) in [5, 5.41) is 12.9. The third-order valence-corrected chi connectivity index (χ3v) is 5.83. The van der Waals surface area contributed by atoms with Crippen molar-refractivity contribution < 1.29 is 19.4 Å². The van der Waals surface area contributed by atoms with E-state index in [-0.39, 0.29) is 12.6 Å². The Kier molecular flexibility index (Phi) is 5.44. The number of anilines is 1. The predicted octanol–water partition coefficient (Wildman–Crippen LogP) is 5.11. The van der Waals surface area contributed by atoms with Gasteiger partial charge in [-0.2, -0.15) is 0 Å². The van der Waals surface area contributed by atoms with Crippen molar-refractivity contribution in [2.24, 2.45) is 0 Å². The maximum absolute atomic E-state index is 12.7. The molecule has 0 atom stereocenters. The van der Waals surface area contributed by atoms with E-state index in [1.54, 1.807) is 35.0 Å². The minimum atomic E-state index is -0.898. The summed E-state index contributed by atoms with van der Waals surface area (Å²) in [7, 11) is 0. The van der Waals surface area contributed by atoms with Gasteiger partial charge < -0.3 is 24.6 Å². The number of rotatable bonds is 5. The number of aromatic nitrogens is 1. The van der Waals surface area contributed by atoms with Crippen molar-refractivity contribution in [3.05, 3.63) is 90.1 Å². The molecule has 1 aliphatic rings. The molecule has 3 aromatic carbocycles. The topological polar surface area (TPSA) is 83.8 Å². The maximum Gasteiger partial charge on any atom is 0.323 e. The first-order valence-electron chi connectivity index (χ1n) is 10.8. The Morgan fingerprint density at radius 3 is 2.52 bits per heavy atom. The van der Waals surface area contributed by atoms with Gasteiger partial charge in [-0.1, -0.05) is 30.3 Å². The zero-order valence-electron chi connectivity index (χ0n) is 17.9. The summed E-state index contributed by atoms with van der Waals surface area (Å²) in [6.07, 6.45) is 2.60. The van der Waals surface area contributed by atoms with E-state index in [0.29, 0.717) is 30.3 Å². The number of urea groups is 1. The van der Waals surface area contributed by atoms with E-state index in [1.165, 1.54) is 11.1 Å². The summed E-state index contributed by atoms with van der Waals surface area (Å²) < 4.78 is 7.71. The number of nitrogens with one attached hydrogen (secondary N) is 1. The fourth-order valence-electron chi connectivity index (χ4n) is 4.17. The van der Waals surface area contributed by atoms with Crippen LogP contribution in [0.15, 0.2) is 79.0 Å². The monoisotopic (exact) mass is 441 g/mol. The van der Waals surface area contributed by atoms with Crippen LogP contribution in [0.5, 0.6) is 11.5 Å². The predicted molar refractivity (Wildman–Crippen MR) is 126 cm³/mol. The Balaban J connectivity index is 1.25. The molecule has 166 valence electrons. The molecule has 0 fully saturated rings. The molecule has 0 saturated heterocycles. The fraction of sp³-hybridized carbons (Fsp3) is 0.154. The minimum absolute atomic E-state index is 0.107. The molecule has 0 radical (unpaired) electrons. The lowest BCUT2D eigenvalue weighted by molar-refractivity contribution is -0.137. The van der Waals surface area contributed by atoms with Crippen molar-refractivity contribution in [2.75, 3.05) is 11.9 Å². The third-order valence-electron chi connectivity index (χ3n) is 5.83. The standard InChI is InChI=1S/C26H23N3O4/c30-25(31)17-28-15-13-22-23(28)6-3-7-24(22)33-21-10-8-20(9-11-21)27-26(32)29-14-12-18-4-1-2-5-19(18)16-29/h1-11,13,15H,12,14,16-17H2,(H,27,32)(H,30,31). The highest BCUT2D eigenvalue weighted by Gasteiger charge is 2.20. The molecule has 0 aliphatic carbocycles. The number of hydrogen-bond donors (Lipinski definition) is 2. The summed E-state index contributed by atoms with van der Waals surface area (Å²) in [6.45, 7) is 1.19. The zero-order chi connectivity index (χ0) is 22.8. The van der Waals surface area contributed by atoms with Gasteiger partial charge in [0.25, 0.3) is 0 Å². The lowest BCUT2D eigenvalue weighted by Gasteiger charge is -2.29. The first kappa shape index (κ1) is 20.6. The number of fused-ring (bicyclic) bond motifs is 2. The maximum atomic E-state index is 12.7. The lowest BCUT2D eigenvalue weighted by atomic mass is 10.0. The molecule has 7 heteroatoms. The molecule has 33 heavy (non-hydrogen) atoms. The van der Waals surface area contributed by atoms with E-state index in [9.17, 15) is 9.59 Å². The second-order valence-corrected chi connectivity index (χ2v) is 8.02. The van der Waals surface area contributed by atoms with Crippen LogP contribution < -0.4 is 10.1 Å². The molecule has 1 aliphatic heterocycles. The quantitative estimate of drug-likeness (QED) is 0.451. The highest BCUT2D eigenvalue weighted by molar-refractivity contribution is 5.90. The summed E-state index contributed by atoms with van der Waals surface area (Å²) in [6, 6.07) is 22.7. The molecule has 5 rings (SSSR count). The van der Waals surface area contributed by atoms with E-state index in [2.05, 4.69) is 17.4 Å². The van der Waals surface area contributed by atoms with Crippen LogP contribution in [0.25, 0.3) is 10.9 Å². The van der Waals surface area contributed by atoms with Gasteiger partial charge in [0.1, 0.15) is 18.0 Å². The zero-order valence-corrected chi connectivity index (χ0v) is 17.9. The summed E-state index contributed by atoms with van der Waals surface area (Å²) in [5.74, 6) is 0.365. The number of carboxylic acid groups (broad SMARTS) is 1. The normalized spacial score (nSPS) is 12.9. The molecular formula is C26H23N3O4. The van der Waals surface area contributed by atoms with Crippen molar-refractivity contribution in [3.8, 4) is 11.5 Å². The Bertz CT molecular complexity index is 1330. The van der Waals surface area contributed by atoms with Gasteiger partial charge in [-0.3, -0.25) is 4.79 Å². The number of benzene rings is 3. The van der Waals surface area contributed by atoms with Crippen LogP contribution >= 0.6 is 0 Å². The highest BCUT2D eigenvalue weighted by atomic mass is 16.5. The Morgan fingerprint density at radius 1 is 0.939 bits per heavy atom. The van der Waals surface area contributed by atoms with E-state index in [0.717, 1.165) is 17.3 Å². The molecule has 4 aromatic rings. The van der Waals surface area contributed by atoms with Crippen LogP contribution in [0, 0.1) is 0 Å². The van der Waals surface area contributed by atoms with Gasteiger partial charge in [0, 0.05) is 30.4 Å². The van der Waals surface area contributed by atoms with Crippen LogP contribution in [0.3, 0.4) is 0 Å². The number of aliphatic carboxylic acids is 1. The van der Waals surface area contributed by atoms with Crippen molar-refractivity contribution in [3.63, 3.8) is 0 Å². The average Bonchev–Trinajstić information content (AvgIpc) is 3.23. The van der Waals surface area contributed by atoms with E-state index < -0.39 is 5.97 Å². The van der Waals surface area contributed by atoms with Gasteiger partial charge in [0.2, 0.25) is 0 Å². The molecular weight excluding hydrogens is 418 g/mol.